The fourth-order valence-corrected chi connectivity index (χ4v) is 3.18. The average Bonchev–Trinajstić information content (AvgIpc) is 2.60. The van der Waals surface area contributed by atoms with Crippen molar-refractivity contribution in [2.45, 2.75) is 25.6 Å². The van der Waals surface area contributed by atoms with Gasteiger partial charge in [-0.05, 0) is 60.4 Å². The number of benzene rings is 1. The molecule has 146 valence electrons. The third-order valence-corrected chi connectivity index (χ3v) is 4.79. The lowest BCUT2D eigenvalue weighted by Gasteiger charge is -2.30. The molecule has 5 nitrogen and oxygen atoms in total. The van der Waals surface area contributed by atoms with Crippen LogP contribution in [0.3, 0.4) is 0 Å². The molecule has 0 saturated carbocycles. The van der Waals surface area contributed by atoms with Gasteiger partial charge in [-0.25, -0.2) is 0 Å². The number of piperidine rings is 1. The van der Waals surface area contributed by atoms with E-state index in [2.05, 4.69) is 25.6 Å². The number of alkyl halides is 3. The van der Waals surface area contributed by atoms with Gasteiger partial charge in [0.05, 0.1) is 24.1 Å². The summed E-state index contributed by atoms with van der Waals surface area (Å²) < 4.78 is 51.6. The molecule has 9 heteroatoms. The quantitative estimate of drug-likeness (QED) is 0.474. The summed E-state index contributed by atoms with van der Waals surface area (Å²) in [4.78, 5) is 13.7. The molecule has 0 spiro atoms. The number of hydrogen-bond donors (Lipinski definition) is 0. The van der Waals surface area contributed by atoms with Crippen LogP contribution in [-0.2, 0) is 9.53 Å². The van der Waals surface area contributed by atoms with Crippen molar-refractivity contribution in [3.05, 3.63) is 22.7 Å². The molecule has 0 aliphatic carbocycles. The number of esters is 1. The van der Waals surface area contributed by atoms with Crippen LogP contribution < -0.4 is 9.47 Å². The van der Waals surface area contributed by atoms with Gasteiger partial charge in [0.15, 0.2) is 0 Å². The summed E-state index contributed by atoms with van der Waals surface area (Å²) in [6.07, 6.45) is -2.47. The number of likely N-dealkylation sites (tertiary alicyclic amines) is 1. The third-order valence-electron chi connectivity index (χ3n) is 4.13. The Morgan fingerprint density at radius 3 is 2.62 bits per heavy atom. The first-order chi connectivity index (χ1) is 12.3. The SMILES string of the molecule is COC(=O)C1CCN(CCCOc2cc(OC(F)(F)F)ccc2Br)CC1. The van der Waals surface area contributed by atoms with Crippen molar-refractivity contribution in [2.75, 3.05) is 33.4 Å². The standard InChI is InChI=1S/C17H21BrF3NO4/c1-24-16(23)12-5-8-22(9-6-12)7-2-10-25-15-11-13(3-4-14(15)18)26-17(19,20)21/h3-4,11-12H,2,5-10H2,1H3. The Morgan fingerprint density at radius 2 is 2.00 bits per heavy atom. The molecule has 0 N–H and O–H groups in total. The van der Waals surface area contributed by atoms with Crippen molar-refractivity contribution in [2.24, 2.45) is 5.92 Å². The lowest BCUT2D eigenvalue weighted by molar-refractivity contribution is -0.274. The Bertz CT molecular complexity index is 604. The summed E-state index contributed by atoms with van der Waals surface area (Å²) in [7, 11) is 1.40. The van der Waals surface area contributed by atoms with Gasteiger partial charge in [-0.3, -0.25) is 4.79 Å². The molecule has 1 saturated heterocycles. The molecule has 1 fully saturated rings. The lowest BCUT2D eigenvalue weighted by Crippen LogP contribution is -2.37. The molecule has 1 aliphatic rings. The van der Waals surface area contributed by atoms with E-state index in [1.165, 1.54) is 25.3 Å². The second kappa shape index (κ2) is 9.45. The summed E-state index contributed by atoms with van der Waals surface area (Å²) in [6.45, 7) is 2.80. The summed E-state index contributed by atoms with van der Waals surface area (Å²) in [5.74, 6) is -0.199. The fourth-order valence-electron chi connectivity index (χ4n) is 2.82. The molecule has 0 bridgehead atoms. The van der Waals surface area contributed by atoms with E-state index in [-0.39, 0.29) is 17.6 Å². The molecule has 26 heavy (non-hydrogen) atoms. The number of hydrogen-bond acceptors (Lipinski definition) is 5. The number of nitrogens with zero attached hydrogens (tertiary/aromatic N) is 1. The van der Waals surface area contributed by atoms with Crippen LogP contribution in [0.4, 0.5) is 13.2 Å². The highest BCUT2D eigenvalue weighted by Gasteiger charge is 2.31. The average molecular weight is 440 g/mol. The van der Waals surface area contributed by atoms with Crippen LogP contribution in [0.5, 0.6) is 11.5 Å². The molecule has 0 atom stereocenters. The smallest absolute Gasteiger partial charge is 0.492 e. The monoisotopic (exact) mass is 439 g/mol. The van der Waals surface area contributed by atoms with Crippen molar-refractivity contribution >= 4 is 21.9 Å². The van der Waals surface area contributed by atoms with Crippen molar-refractivity contribution in [3.63, 3.8) is 0 Å². The van der Waals surface area contributed by atoms with Crippen LogP contribution in [0.15, 0.2) is 22.7 Å². The van der Waals surface area contributed by atoms with Crippen LogP contribution in [0.25, 0.3) is 0 Å². The second-order valence-corrected chi connectivity index (χ2v) is 6.84. The molecule has 0 amide bonds. The Morgan fingerprint density at radius 1 is 1.31 bits per heavy atom. The van der Waals surface area contributed by atoms with Crippen LogP contribution in [0.2, 0.25) is 0 Å². The molecule has 1 aromatic rings. The number of methoxy groups -OCH3 is 1. The number of carbonyl (C=O) groups excluding carboxylic acids is 1. The molecular weight excluding hydrogens is 419 g/mol. The zero-order chi connectivity index (χ0) is 19.2. The van der Waals surface area contributed by atoms with Gasteiger partial charge in [0, 0.05) is 12.6 Å². The van der Waals surface area contributed by atoms with Gasteiger partial charge in [0.1, 0.15) is 11.5 Å². The third kappa shape index (κ3) is 6.68. The minimum atomic E-state index is -4.73. The maximum absolute atomic E-state index is 12.3. The van der Waals surface area contributed by atoms with Crippen molar-refractivity contribution in [1.29, 1.82) is 0 Å². The van der Waals surface area contributed by atoms with E-state index < -0.39 is 6.36 Å². The predicted molar refractivity (Wildman–Crippen MR) is 92.1 cm³/mol. The van der Waals surface area contributed by atoms with Gasteiger partial charge in [0.2, 0.25) is 0 Å². The van der Waals surface area contributed by atoms with Crippen LogP contribution in [-0.4, -0.2) is 50.6 Å². The molecule has 1 aromatic carbocycles. The van der Waals surface area contributed by atoms with Gasteiger partial charge < -0.3 is 19.1 Å². The normalized spacial score (nSPS) is 16.3. The van der Waals surface area contributed by atoms with Gasteiger partial charge in [-0.15, -0.1) is 13.2 Å². The largest absolute Gasteiger partial charge is 0.573 e. The van der Waals surface area contributed by atoms with Gasteiger partial charge in [-0.1, -0.05) is 0 Å². The first-order valence-electron chi connectivity index (χ1n) is 8.27. The number of rotatable bonds is 7. The van der Waals surface area contributed by atoms with Crippen LogP contribution in [0, 0.1) is 5.92 Å². The van der Waals surface area contributed by atoms with Crippen molar-refractivity contribution < 1.29 is 32.2 Å². The van der Waals surface area contributed by atoms with Crippen LogP contribution in [0.1, 0.15) is 19.3 Å². The minimum Gasteiger partial charge on any atom is -0.492 e. The Kier molecular flexibility index (Phi) is 7.57. The zero-order valence-corrected chi connectivity index (χ0v) is 15.9. The van der Waals surface area contributed by atoms with Gasteiger partial charge in [-0.2, -0.15) is 0 Å². The summed E-state index contributed by atoms with van der Waals surface area (Å²) in [6, 6.07) is 3.88. The molecule has 2 rings (SSSR count). The topological polar surface area (TPSA) is 48.0 Å². The highest BCUT2D eigenvalue weighted by atomic mass is 79.9. The number of carbonyl (C=O) groups is 1. The Balaban J connectivity index is 1.73. The highest BCUT2D eigenvalue weighted by Crippen LogP contribution is 2.32. The van der Waals surface area contributed by atoms with E-state index in [1.807, 2.05) is 0 Å². The maximum atomic E-state index is 12.3. The molecule has 0 unspecified atom stereocenters. The maximum Gasteiger partial charge on any atom is 0.573 e. The predicted octanol–water partition coefficient (Wildman–Crippen LogP) is 4.00. The number of ether oxygens (including phenoxy) is 3. The summed E-state index contributed by atoms with van der Waals surface area (Å²) in [5, 5.41) is 0. The van der Waals surface area contributed by atoms with E-state index in [9.17, 15) is 18.0 Å². The van der Waals surface area contributed by atoms with Gasteiger partial charge in [0.25, 0.3) is 0 Å². The van der Waals surface area contributed by atoms with Crippen molar-refractivity contribution in [3.8, 4) is 11.5 Å². The molecular formula is C17H21BrF3NO4. The summed E-state index contributed by atoms with van der Waals surface area (Å²) >= 11 is 3.25. The fraction of sp³-hybridized carbons (Fsp3) is 0.588. The van der Waals surface area contributed by atoms with E-state index in [0.717, 1.165) is 38.9 Å². The minimum absolute atomic E-state index is 0.0279. The Labute approximate surface area is 158 Å². The zero-order valence-electron chi connectivity index (χ0n) is 14.4. The second-order valence-electron chi connectivity index (χ2n) is 5.98. The highest BCUT2D eigenvalue weighted by molar-refractivity contribution is 9.10. The van der Waals surface area contributed by atoms with Crippen molar-refractivity contribution in [1.82, 2.24) is 4.90 Å². The first kappa shape index (κ1) is 20.8. The van der Waals surface area contributed by atoms with Gasteiger partial charge >= 0.3 is 12.3 Å². The van der Waals surface area contributed by atoms with E-state index >= 15 is 0 Å². The molecule has 1 heterocycles. The first-order valence-corrected chi connectivity index (χ1v) is 9.06. The summed E-state index contributed by atoms with van der Waals surface area (Å²) in [5.41, 5.74) is 0. The molecule has 0 radical (unpaired) electrons. The molecule has 1 aliphatic heterocycles. The lowest BCUT2D eigenvalue weighted by atomic mass is 9.97. The molecule has 0 aromatic heterocycles. The van der Waals surface area contributed by atoms with Crippen LogP contribution >= 0.6 is 15.9 Å². The number of halogens is 4. The van der Waals surface area contributed by atoms with E-state index in [1.54, 1.807) is 0 Å². The van der Waals surface area contributed by atoms with E-state index in [4.69, 9.17) is 9.47 Å². The van der Waals surface area contributed by atoms with E-state index in [0.29, 0.717) is 16.8 Å². The Hall–Kier alpha value is -1.48.